The van der Waals surface area contributed by atoms with Crippen LogP contribution in [0.15, 0.2) is 73.3 Å². The molecule has 1 amide bonds. The second kappa shape index (κ2) is 9.14. The molecule has 158 valence electrons. The van der Waals surface area contributed by atoms with E-state index >= 15 is 0 Å². The Hall–Kier alpha value is -3.45. The summed E-state index contributed by atoms with van der Waals surface area (Å²) in [6.45, 7) is 2.96. The average molecular weight is 438 g/mol. The van der Waals surface area contributed by atoms with Crippen LogP contribution in [0.5, 0.6) is 0 Å². The number of nitrogens with one attached hydrogen (secondary N) is 1. The Kier molecular flexibility index (Phi) is 6.13. The van der Waals surface area contributed by atoms with Gasteiger partial charge in [0.05, 0.1) is 35.9 Å². The number of nitrogens with zero attached hydrogens (tertiary/aromatic N) is 4. The van der Waals surface area contributed by atoms with Crippen LogP contribution in [0, 0.1) is 5.82 Å². The van der Waals surface area contributed by atoms with Crippen molar-refractivity contribution in [3.8, 4) is 0 Å². The van der Waals surface area contributed by atoms with E-state index in [0.29, 0.717) is 24.2 Å². The van der Waals surface area contributed by atoms with Crippen molar-refractivity contribution in [1.29, 1.82) is 0 Å². The number of carbonyl (C=O) groups excluding carboxylic acids is 1. The molecule has 0 aliphatic rings. The summed E-state index contributed by atoms with van der Waals surface area (Å²) in [4.78, 5) is 12.6. The minimum atomic E-state index is -0.531. The molecule has 0 aliphatic carbocycles. The van der Waals surface area contributed by atoms with Gasteiger partial charge in [-0.05, 0) is 30.2 Å². The molecule has 0 unspecified atom stereocenters. The number of aromatic nitrogens is 4. The van der Waals surface area contributed by atoms with Gasteiger partial charge in [-0.15, -0.1) is 0 Å². The molecule has 0 bridgehead atoms. The molecule has 2 heterocycles. The summed E-state index contributed by atoms with van der Waals surface area (Å²) in [5, 5.41) is 11.3. The van der Waals surface area contributed by atoms with Gasteiger partial charge in [0.2, 0.25) is 0 Å². The third kappa shape index (κ3) is 5.00. The van der Waals surface area contributed by atoms with E-state index < -0.39 is 11.9 Å². The Bertz CT molecular complexity index is 1170. The summed E-state index contributed by atoms with van der Waals surface area (Å²) in [7, 11) is 0. The highest BCUT2D eigenvalue weighted by Gasteiger charge is 2.17. The van der Waals surface area contributed by atoms with Crippen LogP contribution in [-0.2, 0) is 13.1 Å². The first kappa shape index (κ1) is 20.8. The molecule has 0 radical (unpaired) electrons. The van der Waals surface area contributed by atoms with E-state index in [1.807, 2.05) is 29.1 Å². The molecule has 0 aliphatic heterocycles. The van der Waals surface area contributed by atoms with E-state index in [1.54, 1.807) is 36.1 Å². The molecule has 0 saturated heterocycles. The number of hydrogen-bond donors (Lipinski definition) is 1. The van der Waals surface area contributed by atoms with E-state index in [9.17, 15) is 9.18 Å². The largest absolute Gasteiger partial charge is 0.345 e. The summed E-state index contributed by atoms with van der Waals surface area (Å²) >= 11 is 5.83. The van der Waals surface area contributed by atoms with Gasteiger partial charge in [-0.3, -0.25) is 14.2 Å². The van der Waals surface area contributed by atoms with Gasteiger partial charge in [-0.2, -0.15) is 10.2 Å². The third-order valence-electron chi connectivity index (χ3n) is 4.96. The molecule has 2 aromatic carbocycles. The molecule has 4 rings (SSSR count). The lowest BCUT2D eigenvalue weighted by molar-refractivity contribution is 0.0939. The lowest BCUT2D eigenvalue weighted by Gasteiger charge is -2.15. The Balaban J connectivity index is 1.37. The predicted octanol–water partition coefficient (Wildman–Crippen LogP) is 4.46. The predicted molar refractivity (Wildman–Crippen MR) is 116 cm³/mol. The van der Waals surface area contributed by atoms with Crippen LogP contribution < -0.4 is 5.32 Å². The van der Waals surface area contributed by atoms with E-state index in [1.165, 1.54) is 12.3 Å². The number of amides is 1. The second-order valence-corrected chi connectivity index (χ2v) is 7.69. The van der Waals surface area contributed by atoms with Crippen molar-refractivity contribution in [3.05, 3.63) is 106 Å². The maximum absolute atomic E-state index is 14.2. The lowest BCUT2D eigenvalue weighted by atomic mass is 10.1. The fraction of sp³-hybridized carbons (Fsp3) is 0.174. The highest BCUT2D eigenvalue weighted by molar-refractivity contribution is 6.30. The SMILES string of the molecule is C[C@@H](NC(=O)c1cnn(Cc2ccc(Cn3cccn3)cc2)c1)c1cccc(Cl)c1F. The maximum atomic E-state index is 14.2. The first-order chi connectivity index (χ1) is 15.0. The topological polar surface area (TPSA) is 64.7 Å². The average Bonchev–Trinajstić information content (AvgIpc) is 3.43. The van der Waals surface area contributed by atoms with Crippen LogP contribution in [0.2, 0.25) is 5.02 Å². The van der Waals surface area contributed by atoms with Gasteiger partial charge >= 0.3 is 0 Å². The third-order valence-corrected chi connectivity index (χ3v) is 5.25. The van der Waals surface area contributed by atoms with Crippen molar-refractivity contribution in [1.82, 2.24) is 24.9 Å². The van der Waals surface area contributed by atoms with Gasteiger partial charge in [0.25, 0.3) is 5.91 Å². The molecule has 31 heavy (non-hydrogen) atoms. The van der Waals surface area contributed by atoms with Gasteiger partial charge in [-0.25, -0.2) is 4.39 Å². The monoisotopic (exact) mass is 437 g/mol. The highest BCUT2D eigenvalue weighted by Crippen LogP contribution is 2.23. The lowest BCUT2D eigenvalue weighted by Crippen LogP contribution is -2.27. The quantitative estimate of drug-likeness (QED) is 0.464. The van der Waals surface area contributed by atoms with Crippen LogP contribution >= 0.6 is 11.6 Å². The van der Waals surface area contributed by atoms with Crippen molar-refractivity contribution in [2.45, 2.75) is 26.1 Å². The van der Waals surface area contributed by atoms with Gasteiger partial charge in [0, 0.05) is 24.2 Å². The molecule has 0 spiro atoms. The molecule has 0 saturated carbocycles. The first-order valence-corrected chi connectivity index (χ1v) is 10.2. The van der Waals surface area contributed by atoms with Crippen molar-refractivity contribution < 1.29 is 9.18 Å². The Morgan fingerprint density at radius 3 is 2.45 bits per heavy atom. The van der Waals surface area contributed by atoms with Gasteiger partial charge in [0.15, 0.2) is 0 Å². The summed E-state index contributed by atoms with van der Waals surface area (Å²) in [6, 6.07) is 14.3. The van der Waals surface area contributed by atoms with Crippen molar-refractivity contribution in [2.24, 2.45) is 0 Å². The molecule has 2 aromatic heterocycles. The van der Waals surface area contributed by atoms with Crippen molar-refractivity contribution in [2.75, 3.05) is 0 Å². The van der Waals surface area contributed by atoms with E-state index in [2.05, 4.69) is 27.6 Å². The highest BCUT2D eigenvalue weighted by atomic mass is 35.5. The zero-order valence-electron chi connectivity index (χ0n) is 16.9. The summed E-state index contributed by atoms with van der Waals surface area (Å²) in [6.07, 6.45) is 6.86. The van der Waals surface area contributed by atoms with Gasteiger partial charge in [-0.1, -0.05) is 48.0 Å². The number of rotatable bonds is 7. The minimum absolute atomic E-state index is 0.0297. The fourth-order valence-corrected chi connectivity index (χ4v) is 3.48. The molecule has 4 aromatic rings. The molecular weight excluding hydrogens is 417 g/mol. The van der Waals surface area contributed by atoms with E-state index in [4.69, 9.17) is 11.6 Å². The van der Waals surface area contributed by atoms with Crippen LogP contribution in [0.25, 0.3) is 0 Å². The number of hydrogen-bond acceptors (Lipinski definition) is 3. The zero-order valence-corrected chi connectivity index (χ0v) is 17.6. The minimum Gasteiger partial charge on any atom is -0.345 e. The molecular formula is C23H21ClFN5O. The number of carbonyl (C=O) groups is 1. The Morgan fingerprint density at radius 2 is 1.77 bits per heavy atom. The van der Waals surface area contributed by atoms with Crippen LogP contribution in [-0.4, -0.2) is 25.5 Å². The standard InChI is InChI=1S/C23H21ClFN5O/c1-16(20-4-2-5-21(24)22(20)25)28-23(31)19-12-27-30(15-19)14-18-8-6-17(7-9-18)13-29-11-3-10-26-29/h2-12,15-16H,13-14H2,1H3,(H,28,31)/t16-/m1/s1. The van der Waals surface area contributed by atoms with E-state index in [0.717, 1.165) is 11.1 Å². The summed E-state index contributed by atoms with van der Waals surface area (Å²) in [5.74, 6) is -0.851. The van der Waals surface area contributed by atoms with Crippen LogP contribution in [0.4, 0.5) is 4.39 Å². The molecule has 0 fully saturated rings. The number of benzene rings is 2. The van der Waals surface area contributed by atoms with Gasteiger partial charge < -0.3 is 5.32 Å². The van der Waals surface area contributed by atoms with Crippen LogP contribution in [0.1, 0.15) is 40.0 Å². The van der Waals surface area contributed by atoms with Gasteiger partial charge in [0.1, 0.15) is 5.82 Å². The fourth-order valence-electron chi connectivity index (χ4n) is 3.30. The first-order valence-electron chi connectivity index (χ1n) is 9.82. The summed E-state index contributed by atoms with van der Waals surface area (Å²) in [5.41, 5.74) is 2.96. The van der Waals surface area contributed by atoms with Crippen LogP contribution in [0.3, 0.4) is 0 Å². The van der Waals surface area contributed by atoms with Crippen molar-refractivity contribution >= 4 is 17.5 Å². The Labute approximate surface area is 184 Å². The second-order valence-electron chi connectivity index (χ2n) is 7.28. The van der Waals surface area contributed by atoms with E-state index in [-0.39, 0.29) is 10.9 Å². The smallest absolute Gasteiger partial charge is 0.254 e. The maximum Gasteiger partial charge on any atom is 0.254 e. The molecule has 8 heteroatoms. The Morgan fingerprint density at radius 1 is 1.06 bits per heavy atom. The zero-order chi connectivity index (χ0) is 21.8. The number of halogens is 2. The normalized spacial score (nSPS) is 12.0. The molecule has 6 nitrogen and oxygen atoms in total. The summed E-state index contributed by atoms with van der Waals surface area (Å²) < 4.78 is 17.7. The molecule has 1 atom stereocenters. The molecule has 1 N–H and O–H groups in total. The van der Waals surface area contributed by atoms with Crippen molar-refractivity contribution in [3.63, 3.8) is 0 Å².